The number of fused-ring (bicyclic) bond motifs is 1. The zero-order valence-corrected chi connectivity index (χ0v) is 16.2. The molecule has 8 heteroatoms. The van der Waals surface area contributed by atoms with Gasteiger partial charge in [-0.1, -0.05) is 36.5 Å². The third kappa shape index (κ3) is 3.28. The zero-order valence-electron chi connectivity index (χ0n) is 15.4. The standard InChI is InChI=1S/C20H18N4O3S/c1-3-12-6-4-5-7-16(12)22-20-24-23-18(28-20)15-8-14-13(10-25)9-21-11(2)17(14)27-19(15)26/h4-9,25H,3,10H2,1-2H3,(H,22,24). The summed E-state index contributed by atoms with van der Waals surface area (Å²) in [6.45, 7) is 3.64. The van der Waals surface area contributed by atoms with Crippen molar-refractivity contribution in [2.45, 2.75) is 26.9 Å². The number of benzene rings is 1. The highest BCUT2D eigenvalue weighted by Crippen LogP contribution is 2.30. The third-order valence-electron chi connectivity index (χ3n) is 4.50. The Morgan fingerprint density at radius 3 is 2.82 bits per heavy atom. The van der Waals surface area contributed by atoms with Crippen LogP contribution in [0.25, 0.3) is 21.5 Å². The van der Waals surface area contributed by atoms with Gasteiger partial charge in [-0.3, -0.25) is 4.98 Å². The smallest absolute Gasteiger partial charge is 0.346 e. The van der Waals surface area contributed by atoms with Crippen LogP contribution in [0.2, 0.25) is 0 Å². The second-order valence-corrected chi connectivity index (χ2v) is 7.24. The van der Waals surface area contributed by atoms with E-state index in [1.54, 1.807) is 19.2 Å². The van der Waals surface area contributed by atoms with E-state index in [9.17, 15) is 9.90 Å². The number of aryl methyl sites for hydroxylation is 2. The maximum absolute atomic E-state index is 12.5. The van der Waals surface area contributed by atoms with Gasteiger partial charge in [-0.05, 0) is 31.0 Å². The Balaban J connectivity index is 1.75. The number of para-hydroxylation sites is 1. The minimum Gasteiger partial charge on any atom is -0.420 e. The summed E-state index contributed by atoms with van der Waals surface area (Å²) >= 11 is 1.27. The highest BCUT2D eigenvalue weighted by molar-refractivity contribution is 7.18. The number of aromatic nitrogens is 3. The molecule has 0 radical (unpaired) electrons. The van der Waals surface area contributed by atoms with Crippen LogP contribution < -0.4 is 10.9 Å². The lowest BCUT2D eigenvalue weighted by Gasteiger charge is -2.07. The topological polar surface area (TPSA) is 101 Å². The van der Waals surface area contributed by atoms with E-state index < -0.39 is 5.63 Å². The molecule has 3 heterocycles. The van der Waals surface area contributed by atoms with Gasteiger partial charge in [-0.2, -0.15) is 0 Å². The number of nitrogens with one attached hydrogen (secondary N) is 1. The van der Waals surface area contributed by atoms with Crippen LogP contribution in [0.4, 0.5) is 10.8 Å². The molecule has 0 amide bonds. The van der Waals surface area contributed by atoms with Crippen molar-refractivity contribution >= 4 is 33.1 Å². The molecule has 0 bridgehead atoms. The highest BCUT2D eigenvalue weighted by atomic mass is 32.1. The normalized spacial score (nSPS) is 11.1. The number of anilines is 2. The molecule has 1 aromatic carbocycles. The first kappa shape index (κ1) is 18.3. The number of hydrogen-bond acceptors (Lipinski definition) is 8. The van der Waals surface area contributed by atoms with Crippen molar-refractivity contribution < 1.29 is 9.52 Å². The number of pyridine rings is 1. The Morgan fingerprint density at radius 1 is 1.21 bits per heavy atom. The van der Waals surface area contributed by atoms with Crippen molar-refractivity contribution in [2.75, 3.05) is 5.32 Å². The fraction of sp³-hybridized carbons (Fsp3) is 0.200. The van der Waals surface area contributed by atoms with Crippen LogP contribution in [0.15, 0.2) is 45.7 Å². The second kappa shape index (κ2) is 7.49. The van der Waals surface area contributed by atoms with Crippen LogP contribution in [0.3, 0.4) is 0 Å². The van der Waals surface area contributed by atoms with E-state index in [1.165, 1.54) is 16.9 Å². The van der Waals surface area contributed by atoms with Crippen LogP contribution in [0.1, 0.15) is 23.7 Å². The number of aliphatic hydroxyl groups excluding tert-OH is 1. The molecule has 142 valence electrons. The largest absolute Gasteiger partial charge is 0.420 e. The third-order valence-corrected chi connectivity index (χ3v) is 5.37. The maximum atomic E-state index is 12.5. The zero-order chi connectivity index (χ0) is 19.7. The average molecular weight is 394 g/mol. The van der Waals surface area contributed by atoms with Crippen molar-refractivity contribution in [3.63, 3.8) is 0 Å². The fourth-order valence-corrected chi connectivity index (χ4v) is 3.76. The molecule has 0 saturated carbocycles. The molecule has 4 rings (SSSR count). The molecule has 28 heavy (non-hydrogen) atoms. The van der Waals surface area contributed by atoms with Gasteiger partial charge in [0.05, 0.1) is 17.9 Å². The molecule has 0 fully saturated rings. The van der Waals surface area contributed by atoms with Crippen LogP contribution in [0, 0.1) is 6.92 Å². The summed E-state index contributed by atoms with van der Waals surface area (Å²) in [5.41, 5.74) is 3.48. The molecule has 0 aliphatic rings. The first-order valence-electron chi connectivity index (χ1n) is 8.82. The first-order valence-corrected chi connectivity index (χ1v) is 9.64. The van der Waals surface area contributed by atoms with E-state index in [1.807, 2.05) is 18.2 Å². The van der Waals surface area contributed by atoms with Gasteiger partial charge >= 0.3 is 5.63 Å². The summed E-state index contributed by atoms with van der Waals surface area (Å²) in [4.78, 5) is 16.7. The van der Waals surface area contributed by atoms with Gasteiger partial charge in [0.2, 0.25) is 5.13 Å². The summed E-state index contributed by atoms with van der Waals surface area (Å²) in [6.07, 6.45) is 2.47. The van der Waals surface area contributed by atoms with Crippen molar-refractivity contribution in [1.82, 2.24) is 15.2 Å². The van der Waals surface area contributed by atoms with E-state index in [2.05, 4.69) is 33.5 Å². The Hall–Kier alpha value is -3.10. The van der Waals surface area contributed by atoms with Gasteiger partial charge in [0, 0.05) is 22.8 Å². The monoisotopic (exact) mass is 394 g/mol. The minimum absolute atomic E-state index is 0.201. The van der Waals surface area contributed by atoms with E-state index in [0.717, 1.165) is 12.1 Å². The summed E-state index contributed by atoms with van der Waals surface area (Å²) in [7, 11) is 0. The molecule has 0 atom stereocenters. The van der Waals surface area contributed by atoms with Gasteiger partial charge in [0.15, 0.2) is 10.6 Å². The number of nitrogens with zero attached hydrogens (tertiary/aromatic N) is 3. The van der Waals surface area contributed by atoms with Crippen molar-refractivity contribution in [2.24, 2.45) is 0 Å². The average Bonchev–Trinajstić information content (AvgIpc) is 3.17. The van der Waals surface area contributed by atoms with E-state index >= 15 is 0 Å². The summed E-state index contributed by atoms with van der Waals surface area (Å²) in [5.74, 6) is 0. The summed E-state index contributed by atoms with van der Waals surface area (Å²) in [5, 5.41) is 22.8. The quantitative estimate of drug-likeness (QED) is 0.531. The molecule has 0 spiro atoms. The minimum atomic E-state index is -0.510. The number of rotatable bonds is 5. The number of hydrogen-bond donors (Lipinski definition) is 2. The Bertz CT molecular complexity index is 1220. The fourth-order valence-electron chi connectivity index (χ4n) is 3.01. The van der Waals surface area contributed by atoms with Crippen LogP contribution in [-0.4, -0.2) is 20.3 Å². The van der Waals surface area contributed by atoms with Crippen LogP contribution in [-0.2, 0) is 13.0 Å². The lowest BCUT2D eigenvalue weighted by Crippen LogP contribution is -2.05. The molecular weight excluding hydrogens is 376 g/mol. The molecule has 0 saturated heterocycles. The van der Waals surface area contributed by atoms with E-state index in [-0.39, 0.29) is 6.61 Å². The summed E-state index contributed by atoms with van der Waals surface area (Å²) < 4.78 is 5.47. The van der Waals surface area contributed by atoms with E-state index in [4.69, 9.17) is 4.42 Å². The van der Waals surface area contributed by atoms with Gasteiger partial charge in [0.25, 0.3) is 0 Å². The lowest BCUT2D eigenvalue weighted by atomic mass is 10.1. The van der Waals surface area contributed by atoms with Crippen molar-refractivity contribution in [1.29, 1.82) is 0 Å². The summed E-state index contributed by atoms with van der Waals surface area (Å²) in [6, 6.07) is 9.66. The van der Waals surface area contributed by atoms with Crippen LogP contribution >= 0.6 is 11.3 Å². The predicted molar refractivity (Wildman–Crippen MR) is 109 cm³/mol. The number of aliphatic hydroxyl groups is 1. The van der Waals surface area contributed by atoms with Gasteiger partial charge < -0.3 is 14.8 Å². The molecule has 3 aromatic heterocycles. The van der Waals surface area contributed by atoms with Crippen molar-refractivity contribution in [3.05, 3.63) is 63.8 Å². The van der Waals surface area contributed by atoms with Gasteiger partial charge in [-0.15, -0.1) is 10.2 Å². The molecule has 0 aliphatic carbocycles. The molecule has 0 aliphatic heterocycles. The molecule has 7 nitrogen and oxygen atoms in total. The van der Waals surface area contributed by atoms with Crippen molar-refractivity contribution in [3.8, 4) is 10.6 Å². The lowest BCUT2D eigenvalue weighted by molar-refractivity contribution is 0.282. The van der Waals surface area contributed by atoms with Gasteiger partial charge in [0.1, 0.15) is 0 Å². The van der Waals surface area contributed by atoms with Gasteiger partial charge in [-0.25, -0.2) is 4.79 Å². The van der Waals surface area contributed by atoms with Crippen LogP contribution in [0.5, 0.6) is 0 Å². The first-order chi connectivity index (χ1) is 13.6. The second-order valence-electron chi connectivity index (χ2n) is 6.27. The highest BCUT2D eigenvalue weighted by Gasteiger charge is 2.16. The Kier molecular flexibility index (Phi) is 4.89. The predicted octanol–water partition coefficient (Wildman–Crippen LogP) is 3.81. The maximum Gasteiger partial charge on any atom is 0.346 e. The SMILES string of the molecule is CCc1ccccc1Nc1nnc(-c2cc3c(CO)cnc(C)c3oc2=O)s1. The molecular formula is C20H18N4O3S. The van der Waals surface area contributed by atoms with E-state index in [0.29, 0.717) is 37.9 Å². The Morgan fingerprint density at radius 2 is 2.04 bits per heavy atom. The molecule has 0 unspecified atom stereocenters. The molecule has 4 aromatic rings. The Labute approximate surface area is 164 Å². The molecule has 2 N–H and O–H groups in total.